The van der Waals surface area contributed by atoms with Crippen molar-refractivity contribution < 1.29 is 4.79 Å². The Hall–Kier alpha value is -1.04. The van der Waals surface area contributed by atoms with E-state index in [1.54, 1.807) is 0 Å². The first-order valence-electron chi connectivity index (χ1n) is 7.32. The minimum absolute atomic E-state index is 0.108. The third kappa shape index (κ3) is 2.02. The van der Waals surface area contributed by atoms with E-state index in [4.69, 9.17) is 0 Å². The van der Waals surface area contributed by atoms with E-state index in [1.807, 2.05) is 4.90 Å². The molecule has 0 atom stereocenters. The molecule has 100 valence electrons. The molecule has 0 radical (unpaired) electrons. The number of likely N-dealkylation sites (tertiary alicyclic amines) is 1. The Morgan fingerprint density at radius 1 is 1.17 bits per heavy atom. The van der Waals surface area contributed by atoms with Crippen molar-refractivity contribution in [1.29, 1.82) is 5.26 Å². The molecule has 0 bridgehead atoms. The summed E-state index contributed by atoms with van der Waals surface area (Å²) in [7, 11) is 0. The highest BCUT2D eigenvalue weighted by atomic mass is 16.2. The Balaban J connectivity index is 1.98. The molecule has 18 heavy (non-hydrogen) atoms. The van der Waals surface area contributed by atoms with E-state index in [9.17, 15) is 10.1 Å². The first kappa shape index (κ1) is 13.4. The van der Waals surface area contributed by atoms with Crippen molar-refractivity contribution in [2.24, 2.45) is 10.8 Å². The zero-order valence-electron chi connectivity index (χ0n) is 11.7. The molecule has 1 saturated carbocycles. The predicted molar refractivity (Wildman–Crippen MR) is 70.7 cm³/mol. The third-order valence-corrected chi connectivity index (χ3v) is 5.44. The number of nitriles is 1. The van der Waals surface area contributed by atoms with Gasteiger partial charge in [0.15, 0.2) is 0 Å². The summed E-state index contributed by atoms with van der Waals surface area (Å²) >= 11 is 0. The molecule has 0 unspecified atom stereocenters. The third-order valence-electron chi connectivity index (χ3n) is 5.44. The van der Waals surface area contributed by atoms with Gasteiger partial charge in [-0.25, -0.2) is 0 Å². The normalized spacial score (nSPS) is 25.1. The highest BCUT2D eigenvalue weighted by molar-refractivity contribution is 5.86. The monoisotopic (exact) mass is 248 g/mol. The molecular weight excluding hydrogens is 224 g/mol. The van der Waals surface area contributed by atoms with Crippen LogP contribution in [0, 0.1) is 22.2 Å². The molecule has 1 saturated heterocycles. The van der Waals surface area contributed by atoms with Crippen LogP contribution in [0.15, 0.2) is 0 Å². The summed E-state index contributed by atoms with van der Waals surface area (Å²) in [5.41, 5.74) is -0.214. The summed E-state index contributed by atoms with van der Waals surface area (Å²) in [5, 5.41) is 9.24. The van der Waals surface area contributed by atoms with E-state index in [0.29, 0.717) is 5.41 Å². The van der Waals surface area contributed by atoms with Crippen LogP contribution in [0.3, 0.4) is 0 Å². The molecule has 2 fully saturated rings. The van der Waals surface area contributed by atoms with Crippen LogP contribution in [0.1, 0.15) is 58.8 Å². The number of hydrogen-bond donors (Lipinski definition) is 0. The summed E-state index contributed by atoms with van der Waals surface area (Å²) < 4.78 is 0. The van der Waals surface area contributed by atoms with Crippen LogP contribution >= 0.6 is 0 Å². The Kier molecular flexibility index (Phi) is 3.66. The zero-order chi connectivity index (χ0) is 13.2. The number of amides is 1. The summed E-state index contributed by atoms with van der Waals surface area (Å²) in [6.07, 6.45) is 7.18. The van der Waals surface area contributed by atoms with Gasteiger partial charge in [-0.15, -0.1) is 0 Å². The Morgan fingerprint density at radius 2 is 1.72 bits per heavy atom. The van der Waals surface area contributed by atoms with E-state index in [2.05, 4.69) is 19.9 Å². The fourth-order valence-corrected chi connectivity index (χ4v) is 3.35. The van der Waals surface area contributed by atoms with Gasteiger partial charge in [0, 0.05) is 13.1 Å². The molecule has 3 nitrogen and oxygen atoms in total. The Morgan fingerprint density at radius 3 is 2.06 bits per heavy atom. The number of piperidine rings is 1. The van der Waals surface area contributed by atoms with Gasteiger partial charge < -0.3 is 4.90 Å². The lowest BCUT2D eigenvalue weighted by atomic mass is 9.68. The highest BCUT2D eigenvalue weighted by Gasteiger charge is 2.48. The van der Waals surface area contributed by atoms with Gasteiger partial charge in [0.05, 0.1) is 6.07 Å². The lowest BCUT2D eigenvalue weighted by Crippen LogP contribution is -2.51. The van der Waals surface area contributed by atoms with Crippen molar-refractivity contribution in [2.45, 2.75) is 58.8 Å². The zero-order valence-corrected chi connectivity index (χ0v) is 11.7. The van der Waals surface area contributed by atoms with E-state index in [0.717, 1.165) is 45.2 Å². The van der Waals surface area contributed by atoms with Crippen molar-refractivity contribution >= 4 is 5.91 Å². The second kappa shape index (κ2) is 4.91. The molecule has 0 spiro atoms. The van der Waals surface area contributed by atoms with Gasteiger partial charge >= 0.3 is 0 Å². The van der Waals surface area contributed by atoms with Crippen molar-refractivity contribution in [3.63, 3.8) is 0 Å². The van der Waals surface area contributed by atoms with E-state index < -0.39 is 5.41 Å². The molecule has 0 aromatic rings. The summed E-state index contributed by atoms with van der Waals surface area (Å²) in [6.45, 7) is 6.21. The van der Waals surface area contributed by atoms with Crippen LogP contribution < -0.4 is 0 Å². The maximum absolute atomic E-state index is 12.4. The van der Waals surface area contributed by atoms with Crippen LogP contribution in [-0.2, 0) is 4.79 Å². The molecule has 2 aliphatic rings. The van der Waals surface area contributed by atoms with Gasteiger partial charge in [-0.05, 0) is 37.5 Å². The number of carbonyl (C=O) groups is 1. The van der Waals surface area contributed by atoms with Crippen molar-refractivity contribution in [3.05, 3.63) is 0 Å². The van der Waals surface area contributed by atoms with Gasteiger partial charge in [-0.1, -0.05) is 26.7 Å². The summed E-state index contributed by atoms with van der Waals surface area (Å²) in [6, 6.07) is 2.27. The van der Waals surface area contributed by atoms with Crippen LogP contribution in [0.2, 0.25) is 0 Å². The van der Waals surface area contributed by atoms with E-state index in [-0.39, 0.29) is 5.91 Å². The summed E-state index contributed by atoms with van der Waals surface area (Å²) in [4.78, 5) is 14.4. The number of nitrogens with zero attached hydrogens (tertiary/aromatic N) is 2. The quantitative estimate of drug-likeness (QED) is 0.770. The van der Waals surface area contributed by atoms with Crippen LogP contribution in [0.5, 0.6) is 0 Å². The highest BCUT2D eigenvalue weighted by Crippen LogP contribution is 2.44. The van der Waals surface area contributed by atoms with Crippen LogP contribution in [0.4, 0.5) is 0 Å². The SMILES string of the molecule is CCC1(CC)CCN(C(=O)C2(C#N)CCC2)CC1. The average molecular weight is 248 g/mol. The second-order valence-electron chi connectivity index (χ2n) is 6.05. The van der Waals surface area contributed by atoms with Gasteiger partial charge in [0.25, 0.3) is 0 Å². The number of carbonyl (C=O) groups excluding carboxylic acids is 1. The lowest BCUT2D eigenvalue weighted by molar-refractivity contribution is -0.145. The lowest BCUT2D eigenvalue weighted by Gasteiger charge is -2.45. The van der Waals surface area contributed by atoms with E-state index in [1.165, 1.54) is 12.8 Å². The molecule has 3 heteroatoms. The van der Waals surface area contributed by atoms with E-state index >= 15 is 0 Å². The molecule has 1 aliphatic heterocycles. The Labute approximate surface area is 110 Å². The second-order valence-corrected chi connectivity index (χ2v) is 6.05. The Bertz CT molecular complexity index is 351. The maximum Gasteiger partial charge on any atom is 0.243 e. The smallest absolute Gasteiger partial charge is 0.243 e. The predicted octanol–water partition coefficient (Wildman–Crippen LogP) is 3.11. The summed E-state index contributed by atoms with van der Waals surface area (Å²) in [5.74, 6) is 0.108. The molecule has 1 amide bonds. The maximum atomic E-state index is 12.4. The molecule has 2 rings (SSSR count). The van der Waals surface area contributed by atoms with Crippen LogP contribution in [-0.4, -0.2) is 23.9 Å². The van der Waals surface area contributed by atoms with Crippen molar-refractivity contribution in [2.75, 3.05) is 13.1 Å². The molecule has 0 aromatic heterocycles. The van der Waals surface area contributed by atoms with Gasteiger partial charge in [-0.2, -0.15) is 5.26 Å². The number of rotatable bonds is 3. The van der Waals surface area contributed by atoms with Gasteiger partial charge in [-0.3, -0.25) is 4.79 Å². The fourth-order valence-electron chi connectivity index (χ4n) is 3.35. The minimum Gasteiger partial charge on any atom is -0.341 e. The minimum atomic E-state index is -0.654. The molecular formula is C15H24N2O. The number of hydrogen-bond acceptors (Lipinski definition) is 2. The largest absolute Gasteiger partial charge is 0.341 e. The van der Waals surface area contributed by atoms with Crippen LogP contribution in [0.25, 0.3) is 0 Å². The average Bonchev–Trinajstić information content (AvgIpc) is 2.38. The molecule has 1 heterocycles. The molecule has 1 aliphatic carbocycles. The van der Waals surface area contributed by atoms with Crippen molar-refractivity contribution in [1.82, 2.24) is 4.90 Å². The van der Waals surface area contributed by atoms with Gasteiger partial charge in [0.2, 0.25) is 5.91 Å². The van der Waals surface area contributed by atoms with Crippen molar-refractivity contribution in [3.8, 4) is 6.07 Å². The van der Waals surface area contributed by atoms with Gasteiger partial charge in [0.1, 0.15) is 5.41 Å². The topological polar surface area (TPSA) is 44.1 Å². The standard InChI is InChI=1S/C15H24N2O/c1-3-14(4-2)8-10-17(11-9-14)13(18)15(12-16)6-5-7-15/h3-11H2,1-2H3. The molecule has 0 N–H and O–H groups in total. The molecule has 0 aromatic carbocycles. The first-order valence-corrected chi connectivity index (χ1v) is 7.32. The first-order chi connectivity index (χ1) is 8.61. The fraction of sp³-hybridized carbons (Fsp3) is 0.867.